The van der Waals surface area contributed by atoms with E-state index in [1.807, 2.05) is 11.9 Å². The Morgan fingerprint density at radius 2 is 1.92 bits per heavy atom. The van der Waals surface area contributed by atoms with Crippen LogP contribution in [0.15, 0.2) is 41.3 Å². The number of hydrogen-bond acceptors (Lipinski definition) is 8. The summed E-state index contributed by atoms with van der Waals surface area (Å²) in [5, 5.41) is 13.8. The van der Waals surface area contributed by atoms with Gasteiger partial charge in [0.1, 0.15) is 5.69 Å². The predicted molar refractivity (Wildman–Crippen MR) is 146 cm³/mol. The number of morpholine rings is 1. The largest absolute Gasteiger partial charge is 0.395 e. The average molecular weight is 546 g/mol. The summed E-state index contributed by atoms with van der Waals surface area (Å²) in [5.41, 5.74) is 1.53. The van der Waals surface area contributed by atoms with Crippen molar-refractivity contribution in [2.75, 3.05) is 65.1 Å². The molecule has 2 aliphatic heterocycles. The topological polar surface area (TPSA) is 133 Å². The summed E-state index contributed by atoms with van der Waals surface area (Å²) in [5.74, 6) is -0.861. The number of pyridine rings is 1. The van der Waals surface area contributed by atoms with E-state index in [4.69, 9.17) is 9.84 Å². The number of ether oxygens (including phenoxy) is 1. The van der Waals surface area contributed by atoms with Crippen molar-refractivity contribution in [2.45, 2.75) is 38.7 Å². The average Bonchev–Trinajstić information content (AvgIpc) is 3.64. The summed E-state index contributed by atoms with van der Waals surface area (Å²) < 4.78 is 34.1. The highest BCUT2D eigenvalue weighted by molar-refractivity contribution is 7.92. The van der Waals surface area contributed by atoms with E-state index in [2.05, 4.69) is 14.9 Å². The second-order valence-electron chi connectivity index (χ2n) is 10.5. The second kappa shape index (κ2) is 10.6. The number of aliphatic hydroxyl groups is 1. The van der Waals surface area contributed by atoms with Crippen LogP contribution >= 0.6 is 0 Å². The number of benzene rings is 1. The standard InChI is InChI=1S/C26H35N5O6S/c1-19-18-30(13-15-37-19)31-10-2-3-22(25(31)34)27-24(33)21-5-4-20(28-38(35,36)16-14-32)17-23(21)29-11-8-26(6-7-26)9-12-29/h2-5,10,17,19,28,32H,6-9,11-16,18H2,1H3,(H,27,33). The molecule has 3 fully saturated rings. The molecule has 5 rings (SSSR count). The Hall–Kier alpha value is -3.09. The minimum Gasteiger partial charge on any atom is -0.395 e. The molecule has 3 heterocycles. The molecule has 11 nitrogen and oxygen atoms in total. The summed E-state index contributed by atoms with van der Waals surface area (Å²) in [7, 11) is -3.72. The van der Waals surface area contributed by atoms with Crippen molar-refractivity contribution >= 4 is 33.0 Å². The van der Waals surface area contributed by atoms with E-state index in [1.165, 1.54) is 23.6 Å². The number of nitrogens with one attached hydrogen (secondary N) is 2. The van der Waals surface area contributed by atoms with Gasteiger partial charge in [0.2, 0.25) is 10.0 Å². The lowest BCUT2D eigenvalue weighted by Gasteiger charge is -2.35. The fraction of sp³-hybridized carbons (Fsp3) is 0.538. The molecule has 206 valence electrons. The number of amides is 1. The smallest absolute Gasteiger partial charge is 0.292 e. The molecule has 1 atom stereocenters. The molecule has 2 saturated heterocycles. The Kier molecular flexibility index (Phi) is 7.38. The van der Waals surface area contributed by atoms with Crippen molar-refractivity contribution in [1.82, 2.24) is 4.68 Å². The molecule has 1 unspecified atom stereocenters. The summed E-state index contributed by atoms with van der Waals surface area (Å²) in [6, 6.07) is 8.06. The molecule has 3 aliphatic rings. The van der Waals surface area contributed by atoms with Gasteiger partial charge < -0.3 is 25.1 Å². The van der Waals surface area contributed by atoms with Crippen molar-refractivity contribution in [1.29, 1.82) is 0 Å². The number of carbonyl (C=O) groups is 1. The number of sulfonamides is 1. The molecule has 0 bridgehead atoms. The monoisotopic (exact) mass is 545 g/mol. The van der Waals surface area contributed by atoms with Crippen molar-refractivity contribution in [2.24, 2.45) is 5.41 Å². The number of hydrogen-bond donors (Lipinski definition) is 3. The summed E-state index contributed by atoms with van der Waals surface area (Å²) >= 11 is 0. The van der Waals surface area contributed by atoms with Gasteiger partial charge in [-0.1, -0.05) is 0 Å². The lowest BCUT2D eigenvalue weighted by molar-refractivity contribution is 0.0434. The third-order valence-corrected chi connectivity index (χ3v) is 8.97. The molecule has 1 aromatic carbocycles. The number of aliphatic hydroxyl groups excluding tert-OH is 1. The van der Waals surface area contributed by atoms with E-state index in [0.29, 0.717) is 42.0 Å². The lowest BCUT2D eigenvalue weighted by Crippen LogP contribution is -2.51. The molecule has 3 N–H and O–H groups in total. The molecular weight excluding hydrogens is 510 g/mol. The molecule has 1 saturated carbocycles. The first-order chi connectivity index (χ1) is 18.2. The van der Waals surface area contributed by atoms with Crippen LogP contribution in [0.25, 0.3) is 0 Å². The molecule has 1 spiro atoms. The first-order valence-electron chi connectivity index (χ1n) is 13.1. The van der Waals surface area contributed by atoms with Gasteiger partial charge in [0.15, 0.2) is 0 Å². The van der Waals surface area contributed by atoms with Gasteiger partial charge in [-0.3, -0.25) is 14.3 Å². The summed E-state index contributed by atoms with van der Waals surface area (Å²) in [4.78, 5) is 28.9. The predicted octanol–water partition coefficient (Wildman–Crippen LogP) is 1.57. The van der Waals surface area contributed by atoms with Crippen molar-refractivity contribution in [3.8, 4) is 0 Å². The molecule has 0 radical (unpaired) electrons. The second-order valence-corrected chi connectivity index (χ2v) is 12.3. The number of piperidine rings is 1. The van der Waals surface area contributed by atoms with E-state index in [1.54, 1.807) is 30.5 Å². The zero-order chi connectivity index (χ0) is 26.9. The van der Waals surface area contributed by atoms with Gasteiger partial charge in [-0.15, -0.1) is 0 Å². The molecule has 1 aromatic heterocycles. The number of aromatic nitrogens is 1. The van der Waals surface area contributed by atoms with Crippen LogP contribution in [-0.4, -0.2) is 75.4 Å². The van der Waals surface area contributed by atoms with Crippen molar-refractivity contribution < 1.29 is 23.1 Å². The van der Waals surface area contributed by atoms with E-state index in [-0.39, 0.29) is 17.4 Å². The van der Waals surface area contributed by atoms with Crippen LogP contribution in [0.2, 0.25) is 0 Å². The first kappa shape index (κ1) is 26.5. The van der Waals surface area contributed by atoms with Crippen LogP contribution in [0.1, 0.15) is 43.0 Å². The number of nitrogens with zero attached hydrogens (tertiary/aromatic N) is 3. The quantitative estimate of drug-likeness (QED) is 0.455. The van der Waals surface area contributed by atoms with Crippen LogP contribution in [0.4, 0.5) is 17.1 Å². The lowest BCUT2D eigenvalue weighted by atomic mass is 9.93. The highest BCUT2D eigenvalue weighted by Gasteiger charge is 2.44. The van der Waals surface area contributed by atoms with Gasteiger partial charge >= 0.3 is 0 Å². The molecular formula is C26H35N5O6S. The maximum absolute atomic E-state index is 13.5. The third kappa shape index (κ3) is 5.82. The first-order valence-corrected chi connectivity index (χ1v) is 14.7. The molecule has 38 heavy (non-hydrogen) atoms. The van der Waals surface area contributed by atoms with Gasteiger partial charge in [0.25, 0.3) is 11.5 Å². The molecule has 1 aliphatic carbocycles. The normalized spacial score (nSPS) is 20.8. The van der Waals surface area contributed by atoms with Gasteiger partial charge in [0.05, 0.1) is 55.1 Å². The Labute approximate surface area is 222 Å². The van der Waals surface area contributed by atoms with Gasteiger partial charge in [-0.2, -0.15) is 0 Å². The number of carbonyl (C=O) groups excluding carboxylic acids is 1. The zero-order valence-corrected chi connectivity index (χ0v) is 22.4. The highest BCUT2D eigenvalue weighted by atomic mass is 32.2. The maximum Gasteiger partial charge on any atom is 0.292 e. The van der Waals surface area contributed by atoms with Crippen molar-refractivity contribution in [3.63, 3.8) is 0 Å². The zero-order valence-electron chi connectivity index (χ0n) is 21.6. The molecule has 2 aromatic rings. The minimum absolute atomic E-state index is 0.0101. The fourth-order valence-electron chi connectivity index (χ4n) is 5.28. The van der Waals surface area contributed by atoms with E-state index in [9.17, 15) is 18.0 Å². The Morgan fingerprint density at radius 1 is 1.16 bits per heavy atom. The van der Waals surface area contributed by atoms with Crippen molar-refractivity contribution in [3.05, 3.63) is 52.4 Å². The highest BCUT2D eigenvalue weighted by Crippen LogP contribution is 2.54. The summed E-state index contributed by atoms with van der Waals surface area (Å²) in [6.45, 7) is 4.62. The third-order valence-electron chi connectivity index (χ3n) is 7.70. The van der Waals surface area contributed by atoms with E-state index >= 15 is 0 Å². The van der Waals surface area contributed by atoms with Gasteiger partial charge in [-0.05, 0) is 68.4 Å². The van der Waals surface area contributed by atoms with E-state index in [0.717, 1.165) is 25.9 Å². The van der Waals surface area contributed by atoms with Gasteiger partial charge in [-0.25, -0.2) is 13.1 Å². The number of anilines is 3. The summed E-state index contributed by atoms with van der Waals surface area (Å²) in [6.07, 6.45) is 6.18. The molecule has 1 amide bonds. The van der Waals surface area contributed by atoms with Crippen LogP contribution in [0, 0.1) is 5.41 Å². The Bertz CT molecular complexity index is 1350. The van der Waals surface area contributed by atoms with E-state index < -0.39 is 28.3 Å². The van der Waals surface area contributed by atoms with Crippen LogP contribution in [0.3, 0.4) is 0 Å². The van der Waals surface area contributed by atoms with Crippen LogP contribution in [-0.2, 0) is 14.8 Å². The SMILES string of the molecule is CC1CN(n2cccc(NC(=O)c3ccc(NS(=O)(=O)CCO)cc3N3CCC4(CC3)CC4)c2=O)CCO1. The Morgan fingerprint density at radius 3 is 2.61 bits per heavy atom. The minimum atomic E-state index is -3.72. The Balaban J connectivity index is 1.41. The molecule has 12 heteroatoms. The fourth-order valence-corrected chi connectivity index (χ4v) is 6.11. The van der Waals surface area contributed by atoms with Crippen LogP contribution in [0.5, 0.6) is 0 Å². The van der Waals surface area contributed by atoms with Gasteiger partial charge in [0, 0.05) is 19.3 Å². The number of rotatable bonds is 8. The van der Waals surface area contributed by atoms with Crippen LogP contribution < -0.4 is 25.5 Å². The maximum atomic E-state index is 13.5.